The van der Waals surface area contributed by atoms with Crippen LogP contribution in [0, 0.1) is 0 Å². The van der Waals surface area contributed by atoms with E-state index in [0.717, 1.165) is 5.75 Å². The zero-order valence-corrected chi connectivity index (χ0v) is 8.74. The molecule has 78 valence electrons. The highest BCUT2D eigenvalue weighted by Gasteiger charge is 1.86. The van der Waals surface area contributed by atoms with Gasteiger partial charge in [0.15, 0.2) is 0 Å². The summed E-state index contributed by atoms with van der Waals surface area (Å²) in [6, 6.07) is 9.65. The van der Waals surface area contributed by atoms with Gasteiger partial charge < -0.3 is 15.9 Å². The minimum atomic E-state index is 0. The van der Waals surface area contributed by atoms with Crippen LogP contribution in [0.5, 0.6) is 5.75 Å². The maximum atomic E-state index is 5.25. The van der Waals surface area contributed by atoms with E-state index in [1.54, 1.807) is 0 Å². The third-order valence-electron chi connectivity index (χ3n) is 1.13. The van der Waals surface area contributed by atoms with Crippen LogP contribution in [0.25, 0.3) is 0 Å². The zero-order valence-electron chi connectivity index (χ0n) is 7.10. The Morgan fingerprint density at radius 1 is 1.08 bits per heavy atom. The molecule has 1 aromatic rings. The fourth-order valence-electron chi connectivity index (χ4n) is 0.693. The van der Waals surface area contributed by atoms with Crippen molar-refractivity contribution < 1.29 is 10.2 Å². The van der Waals surface area contributed by atoms with E-state index >= 15 is 0 Å². The number of hydrogen-bond donors (Lipinski definition) is 1. The van der Waals surface area contributed by atoms with Crippen LogP contribution in [0.15, 0.2) is 30.3 Å². The molecule has 13 heavy (non-hydrogen) atoms. The number of halogens is 2. The Kier molecular flexibility index (Phi) is 16.2. The van der Waals surface area contributed by atoms with Gasteiger partial charge in [-0.1, -0.05) is 18.2 Å². The summed E-state index contributed by atoms with van der Waals surface area (Å²) >= 11 is 0. The number of nitrogens with two attached hydrogens (primary N) is 1. The van der Waals surface area contributed by atoms with Crippen LogP contribution in [0.2, 0.25) is 0 Å². The molecule has 0 radical (unpaired) electrons. The van der Waals surface area contributed by atoms with E-state index < -0.39 is 0 Å². The number of hydrogen-bond acceptors (Lipinski definition) is 2. The molecule has 1 rings (SSSR count). The van der Waals surface area contributed by atoms with E-state index in [2.05, 4.69) is 0 Å². The first kappa shape index (κ1) is 18.3. The lowest BCUT2D eigenvalue weighted by atomic mass is 10.3. The van der Waals surface area contributed by atoms with Crippen LogP contribution in [-0.2, 0) is 0 Å². The van der Waals surface area contributed by atoms with Crippen molar-refractivity contribution in [3.8, 4) is 5.75 Å². The van der Waals surface area contributed by atoms with E-state index in [1.807, 2.05) is 30.3 Å². The molecule has 5 heteroatoms. The summed E-state index contributed by atoms with van der Waals surface area (Å²) in [5, 5.41) is 0. The van der Waals surface area contributed by atoms with Crippen molar-refractivity contribution in [1.29, 1.82) is 0 Å². The molecule has 0 saturated carbocycles. The zero-order chi connectivity index (χ0) is 7.23. The SMILES string of the molecule is Cl.Cl.NCCOc1ccccc1.O. The van der Waals surface area contributed by atoms with Gasteiger partial charge in [-0.2, -0.15) is 0 Å². The Morgan fingerprint density at radius 3 is 2.08 bits per heavy atom. The van der Waals surface area contributed by atoms with Gasteiger partial charge in [-0.05, 0) is 12.1 Å². The average molecular weight is 228 g/mol. The molecule has 0 unspecified atom stereocenters. The molecule has 3 nitrogen and oxygen atoms in total. The van der Waals surface area contributed by atoms with Gasteiger partial charge in [0.2, 0.25) is 0 Å². The van der Waals surface area contributed by atoms with E-state index in [-0.39, 0.29) is 30.3 Å². The molecule has 0 aliphatic carbocycles. The highest BCUT2D eigenvalue weighted by molar-refractivity contribution is 5.85. The molecular formula is C8H15Cl2NO2. The van der Waals surface area contributed by atoms with Gasteiger partial charge in [-0.3, -0.25) is 0 Å². The largest absolute Gasteiger partial charge is 0.492 e. The van der Waals surface area contributed by atoms with E-state index in [1.165, 1.54) is 0 Å². The summed E-state index contributed by atoms with van der Waals surface area (Å²) in [6.07, 6.45) is 0. The second-order valence-electron chi connectivity index (χ2n) is 1.95. The molecule has 0 aliphatic heterocycles. The van der Waals surface area contributed by atoms with Gasteiger partial charge in [0.1, 0.15) is 12.4 Å². The summed E-state index contributed by atoms with van der Waals surface area (Å²) < 4.78 is 5.23. The molecule has 0 aliphatic rings. The van der Waals surface area contributed by atoms with Gasteiger partial charge in [0.25, 0.3) is 0 Å². The van der Waals surface area contributed by atoms with Crippen molar-refractivity contribution in [2.75, 3.05) is 13.2 Å². The van der Waals surface area contributed by atoms with Crippen molar-refractivity contribution in [1.82, 2.24) is 0 Å². The molecule has 0 fully saturated rings. The predicted molar refractivity (Wildman–Crippen MR) is 59.1 cm³/mol. The summed E-state index contributed by atoms with van der Waals surface area (Å²) in [5.74, 6) is 0.882. The quantitative estimate of drug-likeness (QED) is 0.839. The molecule has 1 aromatic carbocycles. The third-order valence-corrected chi connectivity index (χ3v) is 1.13. The van der Waals surface area contributed by atoms with Crippen molar-refractivity contribution in [3.63, 3.8) is 0 Å². The van der Waals surface area contributed by atoms with Gasteiger partial charge in [0, 0.05) is 6.54 Å². The van der Waals surface area contributed by atoms with E-state index in [4.69, 9.17) is 10.5 Å². The summed E-state index contributed by atoms with van der Waals surface area (Å²) in [6.45, 7) is 1.15. The van der Waals surface area contributed by atoms with Gasteiger partial charge in [-0.15, -0.1) is 24.8 Å². The number of para-hydroxylation sites is 1. The maximum absolute atomic E-state index is 5.25. The fourth-order valence-corrected chi connectivity index (χ4v) is 0.693. The van der Waals surface area contributed by atoms with Crippen LogP contribution >= 0.6 is 24.8 Å². The average Bonchev–Trinajstić information content (AvgIpc) is 2.03. The van der Waals surface area contributed by atoms with Crippen molar-refractivity contribution in [3.05, 3.63) is 30.3 Å². The maximum Gasteiger partial charge on any atom is 0.119 e. The number of benzene rings is 1. The molecule has 0 aromatic heterocycles. The number of ether oxygens (including phenoxy) is 1. The smallest absolute Gasteiger partial charge is 0.119 e. The lowest BCUT2D eigenvalue weighted by Crippen LogP contribution is -2.10. The van der Waals surface area contributed by atoms with Crippen LogP contribution in [0.1, 0.15) is 0 Å². The van der Waals surface area contributed by atoms with Gasteiger partial charge >= 0.3 is 0 Å². The van der Waals surface area contributed by atoms with E-state index in [9.17, 15) is 0 Å². The Labute approximate surface area is 90.4 Å². The minimum Gasteiger partial charge on any atom is -0.492 e. The molecular weight excluding hydrogens is 213 g/mol. The molecule has 0 atom stereocenters. The predicted octanol–water partition coefficient (Wildman–Crippen LogP) is 1.04. The molecule has 0 heterocycles. The number of rotatable bonds is 3. The molecule has 0 bridgehead atoms. The van der Waals surface area contributed by atoms with Crippen molar-refractivity contribution in [2.45, 2.75) is 0 Å². The van der Waals surface area contributed by atoms with Crippen LogP contribution < -0.4 is 10.5 Å². The van der Waals surface area contributed by atoms with Gasteiger partial charge in [0.05, 0.1) is 0 Å². The van der Waals surface area contributed by atoms with Crippen molar-refractivity contribution in [2.24, 2.45) is 5.73 Å². The summed E-state index contributed by atoms with van der Waals surface area (Å²) in [5.41, 5.74) is 5.25. The second kappa shape index (κ2) is 11.5. The lowest BCUT2D eigenvalue weighted by Gasteiger charge is -2.01. The molecule has 0 amide bonds. The molecule has 0 saturated heterocycles. The standard InChI is InChI=1S/C8H11NO.2ClH.H2O/c9-6-7-10-8-4-2-1-3-5-8;;;/h1-5H,6-7,9H2;2*1H;1H2. The van der Waals surface area contributed by atoms with E-state index in [0.29, 0.717) is 13.2 Å². The third kappa shape index (κ3) is 7.87. The van der Waals surface area contributed by atoms with Gasteiger partial charge in [-0.25, -0.2) is 0 Å². The second-order valence-corrected chi connectivity index (χ2v) is 1.95. The highest BCUT2D eigenvalue weighted by atomic mass is 35.5. The first-order valence-electron chi connectivity index (χ1n) is 3.31. The first-order valence-corrected chi connectivity index (χ1v) is 3.31. The minimum absolute atomic E-state index is 0. The first-order chi connectivity index (χ1) is 4.93. The Hall–Kier alpha value is -0.480. The fraction of sp³-hybridized carbons (Fsp3) is 0.250. The highest BCUT2D eigenvalue weighted by Crippen LogP contribution is 2.06. The summed E-state index contributed by atoms with van der Waals surface area (Å²) in [4.78, 5) is 0. The molecule has 4 N–H and O–H groups in total. The Morgan fingerprint density at radius 2 is 1.62 bits per heavy atom. The topological polar surface area (TPSA) is 66.8 Å². The monoisotopic (exact) mass is 227 g/mol. The normalized spacial score (nSPS) is 7.15. The van der Waals surface area contributed by atoms with Crippen LogP contribution in [-0.4, -0.2) is 18.6 Å². The Bertz CT molecular complexity index is 185. The Balaban J connectivity index is -0.000000333. The van der Waals surface area contributed by atoms with Crippen LogP contribution in [0.3, 0.4) is 0 Å². The van der Waals surface area contributed by atoms with Crippen LogP contribution in [0.4, 0.5) is 0 Å². The molecule has 0 spiro atoms. The lowest BCUT2D eigenvalue weighted by molar-refractivity contribution is 0.328. The summed E-state index contributed by atoms with van der Waals surface area (Å²) in [7, 11) is 0. The van der Waals surface area contributed by atoms with Crippen molar-refractivity contribution >= 4 is 24.8 Å².